The van der Waals surface area contributed by atoms with E-state index in [1.54, 1.807) is 20.3 Å². The predicted octanol–water partition coefficient (Wildman–Crippen LogP) is 12.7. The molecule has 22 heteroatoms. The number of carbonyl (C=O) groups is 1. The minimum absolute atomic E-state index is 0.275. The quantitative estimate of drug-likeness (QED) is 0.0907. The fourth-order valence-corrected chi connectivity index (χ4v) is 14.1. The zero-order valence-electron chi connectivity index (χ0n) is 67.7. The van der Waals surface area contributed by atoms with Gasteiger partial charge in [-0.2, -0.15) is 0 Å². The SMILES string of the molecule is CC1N(C)C=C2C=CC3=CN(C)C(C)N3N21.CC1N(C)C=CN1CN1C=CN(C)C1C.CC1N(C)C=CN1c1cccc[n+]1C.CC1N(C)c2ccccc2N1CN1c2ccccc2N(C)C1C.CC1N(C)c2ccccc2N1c1cccc[n+]1C.COC(=O)c1ccccc1C.COC(C)CC(C)OC. The maximum Gasteiger partial charge on any atom is 0.338 e. The highest BCUT2D eigenvalue weighted by Gasteiger charge is 2.42. The molecule has 0 saturated carbocycles. The molecule has 106 heavy (non-hydrogen) atoms. The fourth-order valence-electron chi connectivity index (χ4n) is 14.1. The van der Waals surface area contributed by atoms with Crippen LogP contribution in [0.3, 0.4) is 0 Å². The van der Waals surface area contributed by atoms with Crippen molar-refractivity contribution >= 4 is 51.7 Å². The van der Waals surface area contributed by atoms with Gasteiger partial charge in [-0.1, -0.05) is 66.7 Å². The van der Waals surface area contributed by atoms with Crippen LogP contribution in [0.1, 0.15) is 91.6 Å². The number of carbonyl (C=O) groups excluding carboxylic acids is 1. The molecule has 0 spiro atoms. The van der Waals surface area contributed by atoms with Crippen molar-refractivity contribution < 1.29 is 28.1 Å². The van der Waals surface area contributed by atoms with E-state index in [0.29, 0.717) is 67.1 Å². The maximum absolute atomic E-state index is 11.0. The molecule has 0 aliphatic carbocycles. The first-order valence-electron chi connectivity index (χ1n) is 37.2. The summed E-state index contributed by atoms with van der Waals surface area (Å²) in [5.74, 6) is 2.14. The number of benzene rings is 4. The number of nitrogens with zero attached hydrogens (tertiary/aromatic N) is 18. The van der Waals surface area contributed by atoms with Gasteiger partial charge in [-0.25, -0.2) is 23.7 Å². The summed E-state index contributed by atoms with van der Waals surface area (Å²) in [5, 5.41) is 4.72. The average Bonchev–Trinajstić information content (AvgIpc) is 1.61. The largest absolute Gasteiger partial charge is 0.465 e. The number of fused-ring (bicyclic) bond motifs is 6. The number of ether oxygens (including phenoxy) is 3. The Balaban J connectivity index is 0.000000146. The summed E-state index contributed by atoms with van der Waals surface area (Å²) in [6.45, 7) is 25.7. The first kappa shape index (κ1) is 79.9. The topological polar surface area (TPSA) is 104 Å². The molecule has 0 fully saturated rings. The van der Waals surface area contributed by atoms with Gasteiger partial charge < -0.3 is 73.0 Å². The van der Waals surface area contributed by atoms with E-state index in [2.05, 4.69) is 396 Å². The van der Waals surface area contributed by atoms with Crippen molar-refractivity contribution in [2.75, 3.05) is 125 Å². The number of aryl methyl sites for hydroxylation is 3. The Kier molecular flexibility index (Phi) is 26.9. The average molecular weight is 1450 g/mol. The maximum atomic E-state index is 11.0. The first-order valence-corrected chi connectivity index (χ1v) is 37.2. The lowest BCUT2D eigenvalue weighted by Crippen LogP contribution is -2.52. The molecule has 10 atom stereocenters. The van der Waals surface area contributed by atoms with Crippen LogP contribution in [0, 0.1) is 6.92 Å². The molecular formula is C84H122N18O4+2. The standard InChI is InChI=1S/C19H24N4.C15H18N3.C12H18N4.C11H20N4.C11H16N3.C9H10O2.C7H16O2/c1-14-20(3)16-9-5-7-11-18(16)22(14)13-23-15(2)21(4)17-10-6-8-12-19(17)23;1-12-17(3)13-8-4-5-9-14(13)18(12)15-10-6-7-11-16(15)2;1-9-13(3)7-11-5-6-12-8-14(4)10(2)16(12)15(9)11;1-10-12(3)5-7-14(10)9-15-8-6-13(4)11(15)2;1-10-12(2)8-9-14(10)11-6-4-5-7-13(11)3;1-7-5-3-4-6-8(7)9(10)11-2;1-6(8-3)5-7(2)9-4/h5-12,14-15H,13H2,1-4H3;4-12H,1-3H3;5-10H,1-4H3;5-8,10-11H,9H2,1-4H3;4-10H,1-3H3;3-6H,1-2H3;6-7H,5H2,1-4H3/q;+1;;;+1;;. The van der Waals surface area contributed by atoms with Crippen LogP contribution in [0.2, 0.25) is 0 Å². The van der Waals surface area contributed by atoms with Crippen LogP contribution < -0.4 is 43.4 Å². The molecule has 0 amide bonds. The molecule has 9 aliphatic heterocycles. The summed E-state index contributed by atoms with van der Waals surface area (Å²) in [6.07, 6.45) is 30.4. The molecule has 10 unspecified atom stereocenters. The van der Waals surface area contributed by atoms with E-state index < -0.39 is 0 Å². The summed E-state index contributed by atoms with van der Waals surface area (Å²) in [7, 11) is 26.0. The van der Waals surface area contributed by atoms with Gasteiger partial charge in [0, 0.05) is 126 Å². The number of rotatable bonds is 11. The third-order valence-corrected chi connectivity index (χ3v) is 22.2. The summed E-state index contributed by atoms with van der Waals surface area (Å²) in [5.41, 5.74) is 12.0. The number of hydrogen-bond acceptors (Lipinski definition) is 20. The Morgan fingerprint density at radius 3 is 1.21 bits per heavy atom. The molecule has 2 aromatic heterocycles. The van der Waals surface area contributed by atoms with Crippen LogP contribution in [-0.2, 0) is 28.3 Å². The van der Waals surface area contributed by atoms with Crippen LogP contribution >= 0.6 is 0 Å². The van der Waals surface area contributed by atoms with E-state index in [4.69, 9.17) is 9.47 Å². The Labute approximate surface area is 634 Å². The highest BCUT2D eigenvalue weighted by molar-refractivity contribution is 5.91. The van der Waals surface area contributed by atoms with Crippen molar-refractivity contribution in [3.05, 3.63) is 230 Å². The molecule has 15 rings (SSSR count). The zero-order valence-corrected chi connectivity index (χ0v) is 67.7. The Morgan fingerprint density at radius 1 is 0.415 bits per heavy atom. The smallest absolute Gasteiger partial charge is 0.338 e. The molecule has 22 nitrogen and oxygen atoms in total. The van der Waals surface area contributed by atoms with E-state index in [0.717, 1.165) is 25.3 Å². The number of esters is 1. The van der Waals surface area contributed by atoms with Crippen LogP contribution in [0.4, 0.5) is 45.8 Å². The summed E-state index contributed by atoms with van der Waals surface area (Å²) < 4.78 is 18.9. The van der Waals surface area contributed by atoms with E-state index in [9.17, 15) is 4.79 Å². The van der Waals surface area contributed by atoms with Crippen LogP contribution in [-0.4, -0.2) is 203 Å². The summed E-state index contributed by atoms with van der Waals surface area (Å²) in [4.78, 5) is 43.4. The van der Waals surface area contributed by atoms with Crippen molar-refractivity contribution in [3.8, 4) is 0 Å². The molecule has 6 aromatic rings. The Bertz CT molecular complexity index is 3930. The van der Waals surface area contributed by atoms with Gasteiger partial charge in [-0.05, 0) is 155 Å². The van der Waals surface area contributed by atoms with Gasteiger partial charge in [0.25, 0.3) is 11.6 Å². The third kappa shape index (κ3) is 17.7. The van der Waals surface area contributed by atoms with Gasteiger partial charge in [0.2, 0.25) is 0 Å². The molecule has 4 aromatic carbocycles. The van der Waals surface area contributed by atoms with Crippen molar-refractivity contribution in [3.63, 3.8) is 0 Å². The van der Waals surface area contributed by atoms with Gasteiger partial charge in [0.15, 0.2) is 18.0 Å². The minimum atomic E-state index is -0.275. The number of hydrogen-bond donors (Lipinski definition) is 0. The molecule has 11 heterocycles. The second-order valence-electron chi connectivity index (χ2n) is 28.7. The number of pyridine rings is 2. The van der Waals surface area contributed by atoms with Crippen LogP contribution in [0.25, 0.3) is 0 Å². The lowest BCUT2D eigenvalue weighted by Gasteiger charge is -2.43. The van der Waals surface area contributed by atoms with Gasteiger partial charge in [-0.3, -0.25) is 10.0 Å². The normalized spacial score (nSPS) is 22.2. The number of hydrazine groups is 1. The Morgan fingerprint density at radius 2 is 0.802 bits per heavy atom. The minimum Gasteiger partial charge on any atom is -0.465 e. The van der Waals surface area contributed by atoms with Gasteiger partial charge in [0.1, 0.15) is 30.9 Å². The van der Waals surface area contributed by atoms with Crippen molar-refractivity contribution in [1.82, 2.24) is 44.3 Å². The fraction of sp³-hybridized carbons (Fsp3) is 0.440. The van der Waals surface area contributed by atoms with E-state index in [-0.39, 0.29) is 5.97 Å². The first-order chi connectivity index (χ1) is 50.6. The van der Waals surface area contributed by atoms with Crippen molar-refractivity contribution in [1.29, 1.82) is 0 Å². The van der Waals surface area contributed by atoms with Crippen LogP contribution in [0.5, 0.6) is 0 Å². The van der Waals surface area contributed by atoms with Gasteiger partial charge in [-0.15, -0.1) is 0 Å². The molecule has 0 bridgehead atoms. The molecular weight excluding hydrogens is 1330 g/mol. The highest BCUT2D eigenvalue weighted by atomic mass is 16.5. The second kappa shape index (κ2) is 35.7. The van der Waals surface area contributed by atoms with Gasteiger partial charge in [0.05, 0.1) is 117 Å². The monoisotopic (exact) mass is 1450 g/mol. The van der Waals surface area contributed by atoms with Crippen LogP contribution in [0.15, 0.2) is 219 Å². The predicted molar refractivity (Wildman–Crippen MR) is 434 cm³/mol. The lowest BCUT2D eigenvalue weighted by molar-refractivity contribution is -0.658. The van der Waals surface area contributed by atoms with E-state index in [1.807, 2.05) is 45.0 Å². The molecule has 0 radical (unpaired) electrons. The summed E-state index contributed by atoms with van der Waals surface area (Å²) >= 11 is 0. The second-order valence-corrected chi connectivity index (χ2v) is 28.7. The number of methoxy groups -OCH3 is 3. The number of aromatic nitrogens is 2. The highest BCUT2D eigenvalue weighted by Crippen LogP contribution is 2.44. The van der Waals surface area contributed by atoms with Crippen molar-refractivity contribution in [2.24, 2.45) is 14.1 Å². The molecule has 9 aliphatic rings. The number of allylic oxidation sites excluding steroid dienone is 2. The van der Waals surface area contributed by atoms with E-state index in [1.165, 1.54) is 64.3 Å². The Hall–Kier alpha value is -10.2. The van der Waals surface area contributed by atoms with Gasteiger partial charge >= 0.3 is 5.97 Å². The number of anilines is 8. The molecule has 0 saturated heterocycles. The lowest BCUT2D eigenvalue weighted by atomic mass is 10.1. The van der Waals surface area contributed by atoms with Crippen molar-refractivity contribution in [2.45, 2.75) is 144 Å². The number of para-hydroxylation sites is 6. The summed E-state index contributed by atoms with van der Waals surface area (Å²) in [6, 6.07) is 45.8. The molecule has 570 valence electrons. The molecule has 0 N–H and O–H groups in total. The zero-order chi connectivity index (χ0) is 77.0. The van der Waals surface area contributed by atoms with E-state index >= 15 is 0 Å². The third-order valence-electron chi connectivity index (χ3n) is 22.2.